The molecule has 0 fully saturated rings. The second-order valence-electron chi connectivity index (χ2n) is 3.41. The Labute approximate surface area is 123 Å². The summed E-state index contributed by atoms with van der Waals surface area (Å²) in [5.41, 5.74) is 2.99. The molecule has 0 nitrogen and oxygen atoms in total. The predicted molar refractivity (Wildman–Crippen MR) is 68.7 cm³/mol. The van der Waals surface area contributed by atoms with Crippen LogP contribution in [0.4, 0.5) is 0 Å². The summed E-state index contributed by atoms with van der Waals surface area (Å²) >= 11 is 3.40. The Morgan fingerprint density at radius 3 is 2.40 bits per heavy atom. The molecule has 1 heterocycles. The maximum atomic E-state index is 2.35. The van der Waals surface area contributed by atoms with E-state index >= 15 is 0 Å². The molecule has 4 heteroatoms. The zero-order valence-electron chi connectivity index (χ0n) is 8.61. The van der Waals surface area contributed by atoms with Crippen LogP contribution >= 0.6 is 36.2 Å². The van der Waals surface area contributed by atoms with Gasteiger partial charge in [0.2, 0.25) is 0 Å². The van der Waals surface area contributed by atoms with E-state index in [1.165, 1.54) is 16.0 Å². The molecule has 1 atom stereocenters. The fraction of sp³-hybridized carbons (Fsp3) is 0.273. The van der Waals surface area contributed by atoms with Crippen molar-refractivity contribution in [1.82, 2.24) is 0 Å². The third-order valence-electron chi connectivity index (χ3n) is 2.56. The Hall–Kier alpha value is 0.643. The first kappa shape index (κ1) is 15.6. The van der Waals surface area contributed by atoms with Gasteiger partial charge in [0.15, 0.2) is 0 Å². The molecular weight excluding hydrogens is 326 g/mol. The molecule has 0 saturated carbocycles. The van der Waals surface area contributed by atoms with Crippen molar-refractivity contribution in [2.24, 2.45) is 5.92 Å². The Morgan fingerprint density at radius 1 is 1.33 bits per heavy atom. The van der Waals surface area contributed by atoms with Gasteiger partial charge in [0.25, 0.3) is 0 Å². The van der Waals surface area contributed by atoms with Gasteiger partial charge in [-0.15, -0.1) is 24.8 Å². The molecule has 15 heavy (non-hydrogen) atoms. The average molecular weight is 339 g/mol. The van der Waals surface area contributed by atoms with E-state index in [0.717, 1.165) is 0 Å². The van der Waals surface area contributed by atoms with E-state index < -0.39 is 0 Å². The molecule has 0 spiro atoms. The van der Waals surface area contributed by atoms with E-state index in [0.29, 0.717) is 5.92 Å². The summed E-state index contributed by atoms with van der Waals surface area (Å²) < 4.78 is 1.60. The van der Waals surface area contributed by atoms with Crippen molar-refractivity contribution in [3.63, 3.8) is 0 Å². The van der Waals surface area contributed by atoms with Gasteiger partial charge in [-0.25, -0.2) is 0 Å². The van der Waals surface area contributed by atoms with Gasteiger partial charge < -0.3 is 0 Å². The maximum Gasteiger partial charge on any atom is -0.147 e. The monoisotopic (exact) mass is 337 g/mol. The second-order valence-corrected chi connectivity index (χ2v) is 5.69. The quantitative estimate of drug-likeness (QED) is 0.709. The number of thiophene rings is 1. The molecule has 1 unspecified atom stereocenters. The standard InChI is InChI=1S/C11H11S.2ClH.Zr/c1-8-6-10(7-9(8)2)11-4-3-5-12-11;;;/h3-6,9H,1-2H3;2*1H;. The summed E-state index contributed by atoms with van der Waals surface area (Å²) in [6, 6.07) is 4.34. The minimum atomic E-state index is 0. The van der Waals surface area contributed by atoms with Crippen LogP contribution < -0.4 is 0 Å². The molecule has 0 N–H and O–H groups in total. The molecule has 0 radical (unpaired) electrons. The summed E-state index contributed by atoms with van der Waals surface area (Å²) in [4.78, 5) is 1.43. The average Bonchev–Trinajstić information content (AvgIpc) is 2.70. The smallest absolute Gasteiger partial charge is 0.147 e. The minimum absolute atomic E-state index is 0. The normalized spacial score (nSPS) is 19.3. The van der Waals surface area contributed by atoms with E-state index in [4.69, 9.17) is 0 Å². The zero-order valence-corrected chi connectivity index (χ0v) is 13.5. The van der Waals surface area contributed by atoms with Crippen LogP contribution in [0.3, 0.4) is 0 Å². The van der Waals surface area contributed by atoms with Gasteiger partial charge in [0.05, 0.1) is 0 Å². The number of allylic oxidation sites excluding steroid dienone is 4. The Kier molecular flexibility index (Phi) is 6.67. The summed E-state index contributed by atoms with van der Waals surface area (Å²) in [5, 5.41) is 2.15. The molecule has 1 aliphatic carbocycles. The van der Waals surface area contributed by atoms with Gasteiger partial charge in [-0.05, 0) is 0 Å². The van der Waals surface area contributed by atoms with E-state index in [1.54, 1.807) is 28.0 Å². The number of hydrogen-bond acceptors (Lipinski definition) is 1. The summed E-state index contributed by atoms with van der Waals surface area (Å²) in [6.45, 7) is 4.53. The molecule has 1 aliphatic rings. The van der Waals surface area contributed by atoms with Crippen LogP contribution in [0.1, 0.15) is 18.7 Å². The van der Waals surface area contributed by atoms with Crippen molar-refractivity contribution in [2.75, 3.05) is 0 Å². The largest absolute Gasteiger partial charge is 0.147 e. The molecule has 2 rings (SSSR count). The fourth-order valence-electron chi connectivity index (χ4n) is 1.53. The van der Waals surface area contributed by atoms with Gasteiger partial charge >= 0.3 is 98.7 Å². The predicted octanol–water partition coefficient (Wildman–Crippen LogP) is 4.45. The Bertz CT molecular complexity index is 379. The van der Waals surface area contributed by atoms with Gasteiger partial charge in [0.1, 0.15) is 0 Å². The first-order valence-electron chi connectivity index (χ1n) is 4.38. The van der Waals surface area contributed by atoms with E-state index in [-0.39, 0.29) is 24.8 Å². The maximum absolute atomic E-state index is 2.35. The van der Waals surface area contributed by atoms with Crippen LogP contribution in [0.2, 0.25) is 0 Å². The molecule has 0 amide bonds. The van der Waals surface area contributed by atoms with Crippen molar-refractivity contribution in [2.45, 2.75) is 13.8 Å². The molecule has 0 saturated heterocycles. The van der Waals surface area contributed by atoms with Gasteiger partial charge in [-0.1, -0.05) is 0 Å². The van der Waals surface area contributed by atoms with E-state index in [2.05, 4.69) is 37.4 Å². The molecule has 0 bridgehead atoms. The van der Waals surface area contributed by atoms with Crippen molar-refractivity contribution in [1.29, 1.82) is 0 Å². The van der Waals surface area contributed by atoms with Crippen LogP contribution in [-0.4, -0.2) is 0 Å². The van der Waals surface area contributed by atoms with Crippen LogP contribution in [0.5, 0.6) is 0 Å². The first-order chi connectivity index (χ1) is 6.20. The molecule has 1 aromatic rings. The fourth-order valence-corrected chi connectivity index (χ4v) is 3.57. The second kappa shape index (κ2) is 6.40. The number of halogens is 2. The molecule has 0 aromatic carbocycles. The minimum Gasteiger partial charge on any atom is -0.147 e. The Balaban J connectivity index is 0.000000980. The van der Waals surface area contributed by atoms with Gasteiger partial charge in [-0.2, -0.15) is 0 Å². The molecular formula is C11H13Cl2SZr. The summed E-state index contributed by atoms with van der Waals surface area (Å²) in [7, 11) is 0. The van der Waals surface area contributed by atoms with Crippen molar-refractivity contribution in [3.05, 3.63) is 37.3 Å². The van der Waals surface area contributed by atoms with E-state index in [9.17, 15) is 0 Å². The molecule has 1 aromatic heterocycles. The summed E-state index contributed by atoms with van der Waals surface area (Å²) in [5.74, 6) is 0.676. The summed E-state index contributed by atoms with van der Waals surface area (Å²) in [6.07, 6.45) is 2.35. The van der Waals surface area contributed by atoms with Crippen molar-refractivity contribution in [3.8, 4) is 0 Å². The molecule has 81 valence electrons. The number of hydrogen-bond donors (Lipinski definition) is 0. The number of rotatable bonds is 1. The van der Waals surface area contributed by atoms with Gasteiger partial charge in [-0.3, -0.25) is 0 Å². The third-order valence-corrected chi connectivity index (χ3v) is 5.19. The third kappa shape index (κ3) is 3.06. The Morgan fingerprint density at radius 2 is 2.00 bits per heavy atom. The van der Waals surface area contributed by atoms with E-state index in [1.807, 2.05) is 11.3 Å². The van der Waals surface area contributed by atoms with Crippen LogP contribution in [-0.2, 0) is 24.7 Å². The first-order valence-corrected chi connectivity index (χ1v) is 6.49. The molecule has 0 aliphatic heterocycles. The van der Waals surface area contributed by atoms with Crippen LogP contribution in [0.25, 0.3) is 5.57 Å². The zero-order chi connectivity index (χ0) is 9.42. The van der Waals surface area contributed by atoms with Crippen LogP contribution in [0.15, 0.2) is 32.4 Å². The van der Waals surface area contributed by atoms with Crippen molar-refractivity contribution >= 4 is 41.7 Å². The van der Waals surface area contributed by atoms with Gasteiger partial charge in [0, 0.05) is 0 Å². The van der Waals surface area contributed by atoms with Crippen LogP contribution in [0, 0.1) is 5.92 Å². The topological polar surface area (TPSA) is 0 Å². The SMILES string of the molecule is CC1=CC(c2cccs2)=[C]([Zr])C1C.Cl.Cl. The van der Waals surface area contributed by atoms with Crippen molar-refractivity contribution < 1.29 is 24.7 Å².